The summed E-state index contributed by atoms with van der Waals surface area (Å²) in [5.74, 6) is 0.156. The normalized spacial score (nSPS) is 20.8. The molecule has 0 radical (unpaired) electrons. The summed E-state index contributed by atoms with van der Waals surface area (Å²) in [5.41, 5.74) is 1.38. The highest BCUT2D eigenvalue weighted by Gasteiger charge is 2.34. The molecule has 0 saturated carbocycles. The highest BCUT2D eigenvalue weighted by molar-refractivity contribution is 5.95. The predicted molar refractivity (Wildman–Crippen MR) is 106 cm³/mol. The molecule has 2 N–H and O–H groups in total. The lowest BCUT2D eigenvalue weighted by atomic mass is 9.94. The highest BCUT2D eigenvalue weighted by Crippen LogP contribution is 2.30. The molecule has 2 aliphatic rings. The Morgan fingerprint density at radius 3 is 2.52 bits per heavy atom. The Kier molecular flexibility index (Phi) is 6.48. The second kappa shape index (κ2) is 9.04. The Bertz CT molecular complexity index is 813. The second-order valence-corrected chi connectivity index (χ2v) is 7.45. The number of likely N-dealkylation sites (tertiary alicyclic amines) is 1. The molecule has 9 nitrogen and oxygen atoms in total. The van der Waals surface area contributed by atoms with Gasteiger partial charge in [0.2, 0.25) is 0 Å². The Hall–Kier alpha value is -2.94. The van der Waals surface area contributed by atoms with E-state index < -0.39 is 23.0 Å². The largest absolute Gasteiger partial charge is 0.463 e. The monoisotopic (exact) mass is 402 g/mol. The summed E-state index contributed by atoms with van der Waals surface area (Å²) in [5, 5.41) is 16.5. The molecule has 1 saturated heterocycles. The summed E-state index contributed by atoms with van der Waals surface area (Å²) in [6.45, 7) is 6.38. The fraction of sp³-hybridized carbons (Fsp3) is 0.500. The van der Waals surface area contributed by atoms with Gasteiger partial charge in [-0.15, -0.1) is 0 Å². The lowest BCUT2D eigenvalue weighted by Crippen LogP contribution is -2.49. The quantitative estimate of drug-likeness (QED) is 0.429. The minimum absolute atomic E-state index is 0.0571. The fourth-order valence-electron chi connectivity index (χ4n) is 3.67. The fourth-order valence-corrected chi connectivity index (χ4v) is 3.67. The average molecular weight is 402 g/mol. The van der Waals surface area contributed by atoms with Crippen LogP contribution in [0.25, 0.3) is 0 Å². The maximum absolute atomic E-state index is 12.8. The Labute approximate surface area is 169 Å². The van der Waals surface area contributed by atoms with Crippen LogP contribution in [-0.2, 0) is 9.53 Å². The number of carbonyl (C=O) groups is 2. The Balaban J connectivity index is 1.95. The van der Waals surface area contributed by atoms with Gasteiger partial charge in [0.05, 0.1) is 23.1 Å². The number of hydrogen-bond acceptors (Lipinski definition) is 6. The molecule has 156 valence electrons. The van der Waals surface area contributed by atoms with Crippen molar-refractivity contribution in [2.24, 2.45) is 5.92 Å². The maximum atomic E-state index is 12.8. The van der Waals surface area contributed by atoms with E-state index >= 15 is 0 Å². The van der Waals surface area contributed by atoms with Gasteiger partial charge in [-0.25, -0.2) is 9.59 Å². The molecular weight excluding hydrogens is 376 g/mol. The van der Waals surface area contributed by atoms with Crippen molar-refractivity contribution in [1.82, 2.24) is 15.5 Å². The summed E-state index contributed by atoms with van der Waals surface area (Å²) >= 11 is 0. The number of carbonyl (C=O) groups excluding carboxylic acids is 2. The lowest BCUT2D eigenvalue weighted by molar-refractivity contribution is -0.384. The number of rotatable bonds is 6. The lowest BCUT2D eigenvalue weighted by Gasteiger charge is -2.34. The van der Waals surface area contributed by atoms with Gasteiger partial charge in [0, 0.05) is 24.4 Å². The van der Waals surface area contributed by atoms with Crippen LogP contribution < -0.4 is 10.6 Å². The van der Waals surface area contributed by atoms with Gasteiger partial charge >= 0.3 is 12.0 Å². The van der Waals surface area contributed by atoms with Gasteiger partial charge in [-0.3, -0.25) is 15.0 Å². The summed E-state index contributed by atoms with van der Waals surface area (Å²) < 4.78 is 5.25. The second-order valence-electron chi connectivity index (χ2n) is 7.45. The molecule has 29 heavy (non-hydrogen) atoms. The van der Waals surface area contributed by atoms with E-state index in [2.05, 4.69) is 22.5 Å². The smallest absolute Gasteiger partial charge is 0.338 e. The third-order valence-corrected chi connectivity index (χ3v) is 5.34. The van der Waals surface area contributed by atoms with E-state index in [0.717, 1.165) is 25.9 Å². The topological polar surface area (TPSA) is 114 Å². The van der Waals surface area contributed by atoms with E-state index in [4.69, 9.17) is 4.74 Å². The Morgan fingerprint density at radius 1 is 1.28 bits per heavy atom. The number of non-ortho nitro benzene ring substituents is 1. The van der Waals surface area contributed by atoms with Crippen LogP contribution in [0, 0.1) is 16.0 Å². The molecule has 0 aromatic heterocycles. The number of nitro benzene ring substituents is 1. The number of piperidine rings is 1. The van der Waals surface area contributed by atoms with Crippen LogP contribution in [0.15, 0.2) is 35.5 Å². The number of urea groups is 1. The minimum Gasteiger partial charge on any atom is -0.463 e. The average Bonchev–Trinajstić information content (AvgIpc) is 2.69. The molecule has 1 aromatic rings. The molecule has 9 heteroatoms. The zero-order valence-electron chi connectivity index (χ0n) is 16.6. The van der Waals surface area contributed by atoms with Gasteiger partial charge in [-0.2, -0.15) is 0 Å². The summed E-state index contributed by atoms with van der Waals surface area (Å²) in [4.78, 5) is 37.7. The summed E-state index contributed by atoms with van der Waals surface area (Å²) in [7, 11) is 0. The predicted octanol–water partition coefficient (Wildman–Crippen LogP) is 2.50. The molecule has 3 rings (SSSR count). The van der Waals surface area contributed by atoms with E-state index in [9.17, 15) is 19.7 Å². The molecule has 0 spiro atoms. The number of hydrogen-bond donors (Lipinski definition) is 2. The van der Waals surface area contributed by atoms with Crippen LogP contribution in [0.5, 0.6) is 0 Å². The standard InChI is InChI=1S/C20H26N4O5/c1-3-29-19(25)17-16(12-23-10-8-13(2)9-11-23)21-20(26)22-18(17)14-4-6-15(7-5-14)24(27)28/h4-7,13,18H,3,8-12H2,1-2H3,(H2,21,22,26)/t18-/m0/s1. The van der Waals surface area contributed by atoms with E-state index in [1.54, 1.807) is 19.1 Å². The number of ether oxygens (including phenoxy) is 1. The molecule has 0 aliphatic carbocycles. The van der Waals surface area contributed by atoms with Crippen LogP contribution >= 0.6 is 0 Å². The van der Waals surface area contributed by atoms with Crippen LogP contribution in [0.3, 0.4) is 0 Å². The maximum Gasteiger partial charge on any atom is 0.338 e. The number of nitro groups is 1. The van der Waals surface area contributed by atoms with Crippen LogP contribution in [0.4, 0.5) is 10.5 Å². The molecule has 0 unspecified atom stereocenters. The summed E-state index contributed by atoms with van der Waals surface area (Å²) in [6, 6.07) is 4.67. The molecule has 0 bridgehead atoms. The van der Waals surface area contributed by atoms with Gasteiger partial charge in [0.25, 0.3) is 5.69 Å². The van der Waals surface area contributed by atoms with E-state index in [1.807, 2.05) is 0 Å². The first kappa shape index (κ1) is 20.8. The van der Waals surface area contributed by atoms with Crippen LogP contribution in [0.1, 0.15) is 38.3 Å². The third kappa shape index (κ3) is 4.92. The molecular formula is C20H26N4O5. The van der Waals surface area contributed by atoms with E-state index in [0.29, 0.717) is 29.3 Å². The van der Waals surface area contributed by atoms with Gasteiger partial charge < -0.3 is 15.4 Å². The zero-order chi connectivity index (χ0) is 21.0. The van der Waals surface area contributed by atoms with Crippen molar-refractivity contribution in [2.45, 2.75) is 32.7 Å². The Morgan fingerprint density at radius 2 is 1.93 bits per heavy atom. The number of benzene rings is 1. The van der Waals surface area contributed by atoms with Gasteiger partial charge in [-0.05, 0) is 56.5 Å². The van der Waals surface area contributed by atoms with Crippen molar-refractivity contribution in [2.75, 3.05) is 26.2 Å². The first-order valence-corrected chi connectivity index (χ1v) is 9.83. The van der Waals surface area contributed by atoms with Crippen LogP contribution in [-0.4, -0.2) is 48.1 Å². The minimum atomic E-state index is -0.734. The van der Waals surface area contributed by atoms with Crippen molar-refractivity contribution < 1.29 is 19.2 Å². The van der Waals surface area contributed by atoms with Gasteiger partial charge in [0.1, 0.15) is 0 Å². The number of esters is 1. The van der Waals surface area contributed by atoms with Crippen molar-refractivity contribution >= 4 is 17.7 Å². The van der Waals surface area contributed by atoms with Gasteiger partial charge in [0.15, 0.2) is 0 Å². The number of nitrogens with zero attached hydrogens (tertiary/aromatic N) is 2. The first-order valence-electron chi connectivity index (χ1n) is 9.83. The van der Waals surface area contributed by atoms with Crippen LogP contribution in [0.2, 0.25) is 0 Å². The molecule has 1 atom stereocenters. The summed E-state index contributed by atoms with van der Waals surface area (Å²) in [6.07, 6.45) is 2.14. The van der Waals surface area contributed by atoms with Crippen molar-refractivity contribution in [1.29, 1.82) is 0 Å². The first-order chi connectivity index (χ1) is 13.9. The van der Waals surface area contributed by atoms with E-state index in [-0.39, 0.29) is 12.3 Å². The third-order valence-electron chi connectivity index (χ3n) is 5.34. The van der Waals surface area contributed by atoms with E-state index in [1.165, 1.54) is 12.1 Å². The van der Waals surface area contributed by atoms with Crippen molar-refractivity contribution in [3.05, 3.63) is 51.2 Å². The van der Waals surface area contributed by atoms with Crippen molar-refractivity contribution in [3.63, 3.8) is 0 Å². The molecule has 2 aliphatic heterocycles. The molecule has 1 fully saturated rings. The van der Waals surface area contributed by atoms with Crippen molar-refractivity contribution in [3.8, 4) is 0 Å². The molecule has 1 aromatic carbocycles. The molecule has 2 amide bonds. The van der Waals surface area contributed by atoms with Gasteiger partial charge in [-0.1, -0.05) is 6.92 Å². The molecule has 2 heterocycles. The number of nitrogens with one attached hydrogen (secondary N) is 2. The number of amides is 2. The zero-order valence-corrected chi connectivity index (χ0v) is 16.6. The highest BCUT2D eigenvalue weighted by atomic mass is 16.6. The SMILES string of the molecule is CCOC(=O)C1=C(CN2CCC(C)CC2)NC(=O)N[C@H]1c1ccc([N+](=O)[O-])cc1.